The van der Waals surface area contributed by atoms with E-state index >= 15 is 0 Å². The van der Waals surface area contributed by atoms with Crippen molar-refractivity contribution in [1.82, 2.24) is 4.98 Å². The van der Waals surface area contributed by atoms with E-state index in [4.69, 9.17) is 14.2 Å². The molecule has 0 aliphatic rings. The van der Waals surface area contributed by atoms with Crippen LogP contribution in [0.25, 0.3) is 0 Å². The fourth-order valence-corrected chi connectivity index (χ4v) is 2.40. The van der Waals surface area contributed by atoms with Crippen molar-refractivity contribution in [2.75, 3.05) is 13.2 Å². The van der Waals surface area contributed by atoms with E-state index in [0.717, 1.165) is 25.0 Å². The Balaban J connectivity index is 1.79. The van der Waals surface area contributed by atoms with E-state index in [2.05, 4.69) is 18.8 Å². The molecule has 2 aromatic rings. The van der Waals surface area contributed by atoms with E-state index < -0.39 is 5.97 Å². The number of esters is 1. The van der Waals surface area contributed by atoms with Crippen molar-refractivity contribution >= 4 is 5.97 Å². The van der Waals surface area contributed by atoms with E-state index in [9.17, 15) is 4.79 Å². The zero-order valence-corrected chi connectivity index (χ0v) is 16.3. The van der Waals surface area contributed by atoms with Gasteiger partial charge in [0.2, 0.25) is 5.88 Å². The standard InChI is InChI=1S/C22H29NO4/c1-3-5-7-8-16-25-19-10-12-20(13-11-19)27-22(24)18-9-14-21(23-17-18)26-15-6-4-2/h9-14,17H,3-8,15-16H2,1-2H3. The second-order valence-electron chi connectivity index (χ2n) is 6.36. The van der Waals surface area contributed by atoms with Gasteiger partial charge in [-0.3, -0.25) is 0 Å². The molecule has 0 atom stereocenters. The van der Waals surface area contributed by atoms with Crippen LogP contribution in [0.2, 0.25) is 0 Å². The average molecular weight is 371 g/mol. The van der Waals surface area contributed by atoms with Crippen LogP contribution >= 0.6 is 0 Å². The minimum Gasteiger partial charge on any atom is -0.494 e. The lowest BCUT2D eigenvalue weighted by Crippen LogP contribution is -2.09. The Morgan fingerprint density at radius 1 is 0.815 bits per heavy atom. The van der Waals surface area contributed by atoms with Crippen LogP contribution in [0, 0.1) is 0 Å². The molecule has 0 unspecified atom stereocenters. The molecule has 0 saturated carbocycles. The van der Waals surface area contributed by atoms with Gasteiger partial charge < -0.3 is 14.2 Å². The molecule has 0 amide bonds. The van der Waals surface area contributed by atoms with Crippen LogP contribution in [0.4, 0.5) is 0 Å². The summed E-state index contributed by atoms with van der Waals surface area (Å²) in [6.07, 6.45) is 8.19. The van der Waals surface area contributed by atoms with Crippen molar-refractivity contribution in [2.24, 2.45) is 0 Å². The van der Waals surface area contributed by atoms with E-state index in [1.807, 2.05) is 12.1 Å². The highest BCUT2D eigenvalue weighted by atomic mass is 16.5. The molecule has 27 heavy (non-hydrogen) atoms. The summed E-state index contributed by atoms with van der Waals surface area (Å²) in [5.41, 5.74) is 0.383. The fourth-order valence-electron chi connectivity index (χ4n) is 2.40. The highest BCUT2D eigenvalue weighted by Crippen LogP contribution is 2.19. The van der Waals surface area contributed by atoms with Gasteiger partial charge in [-0.1, -0.05) is 39.5 Å². The summed E-state index contributed by atoms with van der Waals surface area (Å²) in [6, 6.07) is 10.4. The van der Waals surface area contributed by atoms with Crippen LogP contribution in [0.3, 0.4) is 0 Å². The number of pyridine rings is 1. The molecule has 5 nitrogen and oxygen atoms in total. The van der Waals surface area contributed by atoms with Crippen LogP contribution in [0.1, 0.15) is 62.7 Å². The van der Waals surface area contributed by atoms with E-state index in [0.29, 0.717) is 30.4 Å². The first-order valence-corrected chi connectivity index (χ1v) is 9.76. The smallest absolute Gasteiger partial charge is 0.345 e. The SMILES string of the molecule is CCCCCCOc1ccc(OC(=O)c2ccc(OCCCC)nc2)cc1. The maximum absolute atomic E-state index is 12.2. The van der Waals surface area contributed by atoms with Gasteiger partial charge in [-0.25, -0.2) is 9.78 Å². The number of hydrogen-bond donors (Lipinski definition) is 0. The summed E-state index contributed by atoms with van der Waals surface area (Å²) in [5.74, 6) is 1.32. The number of ether oxygens (including phenoxy) is 3. The lowest BCUT2D eigenvalue weighted by molar-refractivity contribution is 0.0734. The zero-order chi connectivity index (χ0) is 19.3. The topological polar surface area (TPSA) is 57.7 Å². The number of rotatable bonds is 12. The Bertz CT molecular complexity index is 668. The summed E-state index contributed by atoms with van der Waals surface area (Å²) < 4.78 is 16.6. The van der Waals surface area contributed by atoms with Crippen LogP contribution in [-0.2, 0) is 0 Å². The van der Waals surface area contributed by atoms with Crippen LogP contribution < -0.4 is 14.2 Å². The quantitative estimate of drug-likeness (QED) is 0.282. The van der Waals surface area contributed by atoms with Gasteiger partial charge in [0.15, 0.2) is 0 Å². The molecule has 2 rings (SSSR count). The molecule has 1 aromatic carbocycles. The first kappa shape index (κ1) is 20.7. The van der Waals surface area contributed by atoms with Crippen LogP contribution in [0.15, 0.2) is 42.6 Å². The Morgan fingerprint density at radius 2 is 1.52 bits per heavy atom. The minimum absolute atomic E-state index is 0.383. The van der Waals surface area contributed by atoms with Gasteiger partial charge in [0.25, 0.3) is 0 Å². The van der Waals surface area contributed by atoms with Crippen LogP contribution in [0.5, 0.6) is 17.4 Å². The third kappa shape index (κ3) is 7.69. The molecule has 0 bridgehead atoms. The van der Waals surface area contributed by atoms with E-state index in [1.165, 1.54) is 25.5 Å². The molecule has 0 aliphatic heterocycles. The average Bonchev–Trinajstić information content (AvgIpc) is 2.70. The van der Waals surface area contributed by atoms with Crippen LogP contribution in [-0.4, -0.2) is 24.2 Å². The number of nitrogens with zero attached hydrogens (tertiary/aromatic N) is 1. The molecule has 0 spiro atoms. The molecule has 1 heterocycles. The number of hydrogen-bond acceptors (Lipinski definition) is 5. The molecule has 1 aromatic heterocycles. The van der Waals surface area contributed by atoms with Gasteiger partial charge in [-0.05, 0) is 43.2 Å². The molecule has 0 N–H and O–H groups in total. The lowest BCUT2D eigenvalue weighted by Gasteiger charge is -2.08. The second-order valence-corrected chi connectivity index (χ2v) is 6.36. The third-order valence-corrected chi connectivity index (χ3v) is 4.02. The monoisotopic (exact) mass is 371 g/mol. The minimum atomic E-state index is -0.448. The molecule has 0 fully saturated rings. The Kier molecular flexibility index (Phi) is 9.18. The number of unbranched alkanes of at least 4 members (excludes halogenated alkanes) is 4. The molecule has 0 saturated heterocycles. The molecular weight excluding hydrogens is 342 g/mol. The molecular formula is C22H29NO4. The first-order valence-electron chi connectivity index (χ1n) is 9.76. The molecule has 0 radical (unpaired) electrons. The number of benzene rings is 1. The maximum Gasteiger partial charge on any atom is 0.345 e. The highest BCUT2D eigenvalue weighted by Gasteiger charge is 2.10. The molecule has 0 aliphatic carbocycles. The van der Waals surface area contributed by atoms with Gasteiger partial charge in [0.05, 0.1) is 18.8 Å². The largest absolute Gasteiger partial charge is 0.494 e. The predicted molar refractivity (Wildman–Crippen MR) is 106 cm³/mol. The van der Waals surface area contributed by atoms with Crippen molar-refractivity contribution in [3.63, 3.8) is 0 Å². The number of aromatic nitrogens is 1. The van der Waals surface area contributed by atoms with Crippen molar-refractivity contribution in [1.29, 1.82) is 0 Å². The first-order chi connectivity index (χ1) is 13.2. The zero-order valence-electron chi connectivity index (χ0n) is 16.3. The summed E-state index contributed by atoms with van der Waals surface area (Å²) in [6.45, 7) is 5.62. The lowest BCUT2D eigenvalue weighted by atomic mass is 10.2. The van der Waals surface area contributed by atoms with E-state index in [1.54, 1.807) is 24.3 Å². The van der Waals surface area contributed by atoms with Gasteiger partial charge in [0, 0.05) is 12.3 Å². The van der Waals surface area contributed by atoms with Gasteiger partial charge in [0.1, 0.15) is 11.5 Å². The van der Waals surface area contributed by atoms with Crippen molar-refractivity contribution < 1.29 is 19.0 Å². The third-order valence-electron chi connectivity index (χ3n) is 4.02. The van der Waals surface area contributed by atoms with Gasteiger partial charge in [-0.2, -0.15) is 0 Å². The maximum atomic E-state index is 12.2. The summed E-state index contributed by atoms with van der Waals surface area (Å²) in [5, 5.41) is 0. The Morgan fingerprint density at radius 3 is 2.19 bits per heavy atom. The Hall–Kier alpha value is -2.56. The summed E-state index contributed by atoms with van der Waals surface area (Å²) in [7, 11) is 0. The van der Waals surface area contributed by atoms with Gasteiger partial charge in [-0.15, -0.1) is 0 Å². The second kappa shape index (κ2) is 11.9. The van der Waals surface area contributed by atoms with E-state index in [-0.39, 0.29) is 0 Å². The summed E-state index contributed by atoms with van der Waals surface area (Å²) in [4.78, 5) is 16.3. The fraction of sp³-hybridized carbons (Fsp3) is 0.455. The summed E-state index contributed by atoms with van der Waals surface area (Å²) >= 11 is 0. The molecule has 5 heteroatoms. The Labute approximate surface area is 161 Å². The van der Waals surface area contributed by atoms with Crippen molar-refractivity contribution in [3.8, 4) is 17.4 Å². The van der Waals surface area contributed by atoms with Crippen molar-refractivity contribution in [2.45, 2.75) is 52.4 Å². The predicted octanol–water partition coefficient (Wildman–Crippen LogP) is 5.44. The number of carbonyl (C=O) groups excluding carboxylic acids is 1. The van der Waals surface area contributed by atoms with Gasteiger partial charge >= 0.3 is 5.97 Å². The highest BCUT2D eigenvalue weighted by molar-refractivity contribution is 5.90. The number of carbonyl (C=O) groups is 1. The molecule has 146 valence electrons. The van der Waals surface area contributed by atoms with Crippen molar-refractivity contribution in [3.05, 3.63) is 48.2 Å². The normalized spacial score (nSPS) is 10.4.